The average molecular weight is 277 g/mol. The maximum atomic E-state index is 12.3. The van der Waals surface area contributed by atoms with Crippen LogP contribution in [0.4, 0.5) is 0 Å². The number of hydrogen-bond acceptors (Lipinski definition) is 3. The molecule has 108 valence electrons. The van der Waals surface area contributed by atoms with Crippen LogP contribution >= 0.6 is 0 Å². The highest BCUT2D eigenvalue weighted by Crippen LogP contribution is 2.32. The van der Waals surface area contributed by atoms with Crippen molar-refractivity contribution in [3.8, 4) is 5.75 Å². The fraction of sp³-hybridized carbons (Fsp3) is 0.467. The molecular formula is C15H19NO4. The summed E-state index contributed by atoms with van der Waals surface area (Å²) >= 11 is 0. The Kier molecular flexibility index (Phi) is 4.27. The van der Waals surface area contributed by atoms with Crippen LogP contribution in [0.3, 0.4) is 0 Å². The van der Waals surface area contributed by atoms with Crippen LogP contribution in [-0.2, 0) is 16.1 Å². The van der Waals surface area contributed by atoms with Crippen molar-refractivity contribution in [3.05, 3.63) is 29.8 Å². The van der Waals surface area contributed by atoms with Crippen molar-refractivity contribution >= 4 is 11.9 Å². The van der Waals surface area contributed by atoms with Crippen molar-refractivity contribution in [1.29, 1.82) is 0 Å². The molecule has 1 aliphatic carbocycles. The van der Waals surface area contributed by atoms with Gasteiger partial charge in [0, 0.05) is 25.1 Å². The molecule has 0 radical (unpaired) electrons. The van der Waals surface area contributed by atoms with E-state index in [1.165, 1.54) is 0 Å². The number of nitrogens with zero attached hydrogens (tertiary/aromatic N) is 1. The van der Waals surface area contributed by atoms with Crippen molar-refractivity contribution in [3.63, 3.8) is 0 Å². The first-order chi connectivity index (χ1) is 9.49. The van der Waals surface area contributed by atoms with Gasteiger partial charge >= 0.3 is 5.97 Å². The van der Waals surface area contributed by atoms with Gasteiger partial charge in [0.25, 0.3) is 0 Å². The number of benzene rings is 1. The van der Waals surface area contributed by atoms with Gasteiger partial charge < -0.3 is 15.1 Å². The minimum atomic E-state index is -0.816. The minimum absolute atomic E-state index is 0.0444. The molecule has 1 aromatic carbocycles. The van der Waals surface area contributed by atoms with E-state index in [0.29, 0.717) is 31.4 Å². The van der Waals surface area contributed by atoms with Gasteiger partial charge in [0.05, 0.1) is 5.92 Å². The number of aliphatic carboxylic acids is 1. The summed E-state index contributed by atoms with van der Waals surface area (Å²) in [5.74, 6) is -1.31. The second kappa shape index (κ2) is 5.94. The molecule has 1 saturated carbocycles. The smallest absolute Gasteiger partial charge is 0.306 e. The van der Waals surface area contributed by atoms with Gasteiger partial charge in [0.15, 0.2) is 0 Å². The predicted molar refractivity (Wildman–Crippen MR) is 73.0 cm³/mol. The summed E-state index contributed by atoms with van der Waals surface area (Å²) in [7, 11) is 1.68. The standard InChI is InChI=1S/C15H19NO4/c1-16(9-12-4-2-3-5-13(12)17)14(18)10-6-7-11(8-10)15(19)20/h2-5,10-11,17H,6-9H2,1H3,(H,19,20). The molecule has 1 aliphatic rings. The highest BCUT2D eigenvalue weighted by molar-refractivity contribution is 5.80. The molecule has 2 N–H and O–H groups in total. The Bertz CT molecular complexity index is 514. The van der Waals surface area contributed by atoms with Crippen LogP contribution < -0.4 is 0 Å². The third-order valence-corrected chi connectivity index (χ3v) is 3.91. The van der Waals surface area contributed by atoms with E-state index in [4.69, 9.17) is 5.11 Å². The molecular weight excluding hydrogens is 258 g/mol. The number of phenolic OH excluding ortho intramolecular Hbond substituents is 1. The van der Waals surface area contributed by atoms with Crippen LogP contribution in [0.5, 0.6) is 5.75 Å². The van der Waals surface area contributed by atoms with Gasteiger partial charge in [-0.15, -0.1) is 0 Å². The van der Waals surface area contributed by atoms with Crippen molar-refractivity contribution in [2.24, 2.45) is 11.8 Å². The van der Waals surface area contributed by atoms with Gasteiger partial charge in [0.1, 0.15) is 5.75 Å². The summed E-state index contributed by atoms with van der Waals surface area (Å²) in [6.07, 6.45) is 1.61. The monoisotopic (exact) mass is 277 g/mol. The molecule has 1 amide bonds. The van der Waals surface area contributed by atoms with Gasteiger partial charge in [-0.3, -0.25) is 9.59 Å². The van der Waals surface area contributed by atoms with E-state index >= 15 is 0 Å². The number of hydrogen-bond donors (Lipinski definition) is 2. The van der Waals surface area contributed by atoms with E-state index in [2.05, 4.69) is 0 Å². The number of carboxylic acid groups (broad SMARTS) is 1. The molecule has 2 rings (SSSR count). The third-order valence-electron chi connectivity index (χ3n) is 3.91. The first-order valence-corrected chi connectivity index (χ1v) is 6.73. The lowest BCUT2D eigenvalue weighted by Crippen LogP contribution is -2.31. The van der Waals surface area contributed by atoms with Crippen molar-refractivity contribution < 1.29 is 19.8 Å². The quantitative estimate of drug-likeness (QED) is 0.880. The average Bonchev–Trinajstić information content (AvgIpc) is 2.90. The summed E-state index contributed by atoms with van der Waals surface area (Å²) in [4.78, 5) is 24.8. The summed E-state index contributed by atoms with van der Waals surface area (Å²) < 4.78 is 0. The van der Waals surface area contributed by atoms with E-state index in [1.807, 2.05) is 6.07 Å². The zero-order valence-electron chi connectivity index (χ0n) is 11.5. The number of amides is 1. The van der Waals surface area contributed by atoms with Crippen LogP contribution in [0.1, 0.15) is 24.8 Å². The van der Waals surface area contributed by atoms with E-state index < -0.39 is 11.9 Å². The van der Waals surface area contributed by atoms with E-state index in [-0.39, 0.29) is 17.6 Å². The third kappa shape index (κ3) is 3.10. The fourth-order valence-corrected chi connectivity index (χ4v) is 2.72. The number of carbonyl (C=O) groups is 2. The molecule has 0 saturated heterocycles. The summed E-state index contributed by atoms with van der Waals surface area (Å²) in [6.45, 7) is 0.333. The second-order valence-corrected chi connectivity index (χ2v) is 5.37. The number of rotatable bonds is 4. The lowest BCUT2D eigenvalue weighted by Gasteiger charge is -2.21. The Hall–Kier alpha value is -2.04. The van der Waals surface area contributed by atoms with Gasteiger partial charge in [0.2, 0.25) is 5.91 Å². The molecule has 1 fully saturated rings. The molecule has 2 atom stereocenters. The van der Waals surface area contributed by atoms with Crippen molar-refractivity contribution in [2.75, 3.05) is 7.05 Å². The van der Waals surface area contributed by atoms with E-state index in [9.17, 15) is 14.7 Å². The second-order valence-electron chi connectivity index (χ2n) is 5.37. The molecule has 0 heterocycles. The van der Waals surface area contributed by atoms with Crippen LogP contribution in [0.2, 0.25) is 0 Å². The number of carboxylic acids is 1. The van der Waals surface area contributed by atoms with Crippen molar-refractivity contribution in [2.45, 2.75) is 25.8 Å². The topological polar surface area (TPSA) is 77.8 Å². The van der Waals surface area contributed by atoms with Crippen LogP contribution in [-0.4, -0.2) is 34.0 Å². The molecule has 1 aromatic rings. The van der Waals surface area contributed by atoms with Crippen LogP contribution in [0.25, 0.3) is 0 Å². The van der Waals surface area contributed by atoms with E-state index in [0.717, 1.165) is 0 Å². The van der Waals surface area contributed by atoms with E-state index in [1.54, 1.807) is 30.1 Å². The minimum Gasteiger partial charge on any atom is -0.508 e. The molecule has 5 heteroatoms. The molecule has 0 spiro atoms. The first-order valence-electron chi connectivity index (χ1n) is 6.73. The van der Waals surface area contributed by atoms with Crippen molar-refractivity contribution in [1.82, 2.24) is 4.90 Å². The molecule has 0 aliphatic heterocycles. The molecule has 0 bridgehead atoms. The summed E-state index contributed by atoms with van der Waals surface area (Å²) in [6, 6.07) is 6.90. The Balaban J connectivity index is 1.96. The SMILES string of the molecule is CN(Cc1ccccc1O)C(=O)C1CCC(C(=O)O)C1. The predicted octanol–water partition coefficient (Wildman–Crippen LogP) is 1.85. The van der Waals surface area contributed by atoms with Crippen LogP contribution in [0, 0.1) is 11.8 Å². The van der Waals surface area contributed by atoms with Gasteiger partial charge in [-0.1, -0.05) is 18.2 Å². The number of carbonyl (C=O) groups excluding carboxylic acids is 1. The Morgan fingerprint density at radius 3 is 2.50 bits per heavy atom. The summed E-state index contributed by atoms with van der Waals surface area (Å²) in [5, 5.41) is 18.7. The van der Waals surface area contributed by atoms with Crippen LogP contribution in [0.15, 0.2) is 24.3 Å². The lowest BCUT2D eigenvalue weighted by molar-refractivity contribution is -0.141. The molecule has 20 heavy (non-hydrogen) atoms. The highest BCUT2D eigenvalue weighted by atomic mass is 16.4. The largest absolute Gasteiger partial charge is 0.508 e. The maximum Gasteiger partial charge on any atom is 0.306 e. The van der Waals surface area contributed by atoms with Gasteiger partial charge in [-0.05, 0) is 25.3 Å². The number of para-hydroxylation sites is 1. The zero-order valence-corrected chi connectivity index (χ0v) is 11.5. The normalized spacial score (nSPS) is 21.6. The Morgan fingerprint density at radius 2 is 1.90 bits per heavy atom. The Labute approximate surface area is 117 Å². The number of phenols is 1. The fourth-order valence-electron chi connectivity index (χ4n) is 2.72. The van der Waals surface area contributed by atoms with Gasteiger partial charge in [-0.2, -0.15) is 0 Å². The Morgan fingerprint density at radius 1 is 1.25 bits per heavy atom. The highest BCUT2D eigenvalue weighted by Gasteiger charge is 2.35. The molecule has 2 unspecified atom stereocenters. The lowest BCUT2D eigenvalue weighted by atomic mass is 10.0. The molecule has 5 nitrogen and oxygen atoms in total. The molecule has 0 aromatic heterocycles. The zero-order chi connectivity index (χ0) is 14.7. The summed E-state index contributed by atoms with van der Waals surface area (Å²) in [5.41, 5.74) is 0.691. The maximum absolute atomic E-state index is 12.3. The first kappa shape index (κ1) is 14.4. The number of aromatic hydroxyl groups is 1. The van der Waals surface area contributed by atoms with Gasteiger partial charge in [-0.25, -0.2) is 0 Å².